The van der Waals surface area contributed by atoms with E-state index in [9.17, 15) is 9.59 Å². The van der Waals surface area contributed by atoms with E-state index in [1.54, 1.807) is 44.3 Å². The Hall–Kier alpha value is -3.06. The molecule has 0 spiro atoms. The van der Waals surface area contributed by atoms with Crippen LogP contribution in [0.15, 0.2) is 41.7 Å². The topological polar surface area (TPSA) is 83.9 Å². The molecule has 0 saturated carbocycles. The summed E-state index contributed by atoms with van der Waals surface area (Å²) in [6.45, 7) is 9.06. The van der Waals surface area contributed by atoms with Crippen molar-refractivity contribution in [3.63, 3.8) is 0 Å². The van der Waals surface area contributed by atoms with E-state index in [1.165, 1.54) is 0 Å². The van der Waals surface area contributed by atoms with Crippen LogP contribution in [0.5, 0.6) is 0 Å². The highest BCUT2D eigenvalue weighted by Gasteiger charge is 2.40. The predicted molar refractivity (Wildman–Crippen MR) is 120 cm³/mol. The maximum Gasteiger partial charge on any atom is 0.259 e. The monoisotopic (exact) mass is 420 g/mol. The number of rotatable bonds is 4. The number of oxime groups is 1. The van der Waals surface area contributed by atoms with Gasteiger partial charge >= 0.3 is 0 Å². The Morgan fingerprint density at radius 1 is 1.23 bits per heavy atom. The van der Waals surface area contributed by atoms with Gasteiger partial charge in [0.25, 0.3) is 5.91 Å². The van der Waals surface area contributed by atoms with E-state index in [4.69, 9.17) is 4.84 Å². The third kappa shape index (κ3) is 4.10. The molecule has 1 fully saturated rings. The largest absolute Gasteiger partial charge is 0.381 e. The number of aryl methyl sites for hydroxylation is 2. The molecule has 2 aliphatic heterocycles. The normalized spacial score (nSPS) is 20.2. The third-order valence-electron chi connectivity index (χ3n) is 5.80. The van der Waals surface area contributed by atoms with Crippen molar-refractivity contribution in [3.05, 3.63) is 58.8 Å². The Kier molecular flexibility index (Phi) is 5.62. The van der Waals surface area contributed by atoms with Crippen LogP contribution < -0.4 is 10.2 Å². The van der Waals surface area contributed by atoms with Crippen molar-refractivity contribution in [2.45, 2.75) is 52.2 Å². The Balaban J connectivity index is 1.65. The van der Waals surface area contributed by atoms with E-state index < -0.39 is 5.60 Å². The molecule has 162 valence electrons. The number of benzene rings is 1. The number of aromatic nitrogens is 1. The van der Waals surface area contributed by atoms with Gasteiger partial charge in [-0.2, -0.15) is 0 Å². The first-order valence-electron chi connectivity index (χ1n) is 10.7. The van der Waals surface area contributed by atoms with Gasteiger partial charge in [-0.15, -0.1) is 0 Å². The van der Waals surface area contributed by atoms with Gasteiger partial charge in [0.05, 0.1) is 6.04 Å². The summed E-state index contributed by atoms with van der Waals surface area (Å²) < 4.78 is 0. The number of piperidine rings is 1. The summed E-state index contributed by atoms with van der Waals surface area (Å²) in [6.07, 6.45) is 3.73. The molecule has 0 bridgehead atoms. The number of carbonyl (C=O) groups is 2. The average molecular weight is 421 g/mol. The molecule has 2 aromatic rings. The lowest BCUT2D eigenvalue weighted by molar-refractivity contribution is -0.128. The van der Waals surface area contributed by atoms with E-state index >= 15 is 0 Å². The number of pyridine rings is 1. The molecule has 4 rings (SSSR count). The Morgan fingerprint density at radius 3 is 2.55 bits per heavy atom. The van der Waals surface area contributed by atoms with Crippen molar-refractivity contribution >= 4 is 23.2 Å². The minimum Gasteiger partial charge on any atom is -0.381 e. The van der Waals surface area contributed by atoms with Crippen LogP contribution >= 0.6 is 0 Å². The zero-order chi connectivity index (χ0) is 22.2. The molecular formula is C24H28N4O3. The molecule has 0 aliphatic carbocycles. The molecule has 3 heterocycles. The smallest absolute Gasteiger partial charge is 0.259 e. The minimum absolute atomic E-state index is 0.0322. The van der Waals surface area contributed by atoms with Gasteiger partial charge < -0.3 is 10.2 Å². The number of hydrogen-bond acceptors (Lipinski definition) is 6. The van der Waals surface area contributed by atoms with Crippen LogP contribution in [-0.4, -0.2) is 47.1 Å². The van der Waals surface area contributed by atoms with E-state index in [0.29, 0.717) is 16.9 Å². The summed E-state index contributed by atoms with van der Waals surface area (Å²) in [5.74, 6) is 0.427. The van der Waals surface area contributed by atoms with Gasteiger partial charge in [0.2, 0.25) is 5.78 Å². The summed E-state index contributed by atoms with van der Waals surface area (Å²) >= 11 is 0. The zero-order valence-corrected chi connectivity index (χ0v) is 18.4. The molecule has 1 amide bonds. The van der Waals surface area contributed by atoms with Crippen molar-refractivity contribution in [1.29, 1.82) is 0 Å². The second-order valence-corrected chi connectivity index (χ2v) is 8.78. The van der Waals surface area contributed by atoms with Crippen molar-refractivity contribution in [2.75, 3.05) is 18.0 Å². The quantitative estimate of drug-likeness (QED) is 0.821. The second-order valence-electron chi connectivity index (χ2n) is 8.78. The fourth-order valence-electron chi connectivity index (χ4n) is 4.07. The molecule has 1 N–H and O–H groups in total. The Labute approximate surface area is 182 Å². The molecule has 7 nitrogen and oxygen atoms in total. The number of ketones is 1. The van der Waals surface area contributed by atoms with E-state index in [-0.39, 0.29) is 23.4 Å². The van der Waals surface area contributed by atoms with Crippen LogP contribution in [-0.2, 0) is 9.63 Å². The van der Waals surface area contributed by atoms with Gasteiger partial charge in [-0.25, -0.2) is 4.98 Å². The first-order valence-corrected chi connectivity index (χ1v) is 10.7. The fourth-order valence-corrected chi connectivity index (χ4v) is 4.07. The molecule has 0 unspecified atom stereocenters. The van der Waals surface area contributed by atoms with Gasteiger partial charge in [0.1, 0.15) is 5.82 Å². The van der Waals surface area contributed by atoms with Crippen LogP contribution in [0.25, 0.3) is 0 Å². The summed E-state index contributed by atoms with van der Waals surface area (Å²) in [4.78, 5) is 37.7. The number of carbonyl (C=O) groups excluding carboxylic acids is 2. The van der Waals surface area contributed by atoms with Crippen LogP contribution in [0, 0.1) is 13.8 Å². The number of nitrogens with zero attached hydrogens (tertiary/aromatic N) is 3. The average Bonchev–Trinajstić information content (AvgIpc) is 3.03. The maximum atomic E-state index is 13.6. The fraction of sp³-hybridized carbons (Fsp3) is 0.417. The molecule has 1 atom stereocenters. The standard InChI is InChI=1S/C24H28N4O3/c1-15-12-16(2)22(26-13-15)28(19-6-5-11-25-14-19)23(30)18-9-7-17(8-10-18)20-21(29)24(3,4)31-27-20/h7-10,12-13,19,25H,5-6,11,14H2,1-4H3/t19-/m1/s1. The number of nitrogens with one attached hydrogen (secondary N) is 1. The first kappa shape index (κ1) is 21.2. The highest BCUT2D eigenvalue weighted by molar-refractivity contribution is 6.49. The number of anilines is 1. The van der Waals surface area contributed by atoms with Crippen molar-refractivity contribution in [3.8, 4) is 0 Å². The molecule has 1 saturated heterocycles. The molecule has 1 aromatic carbocycles. The summed E-state index contributed by atoms with van der Waals surface area (Å²) in [7, 11) is 0. The highest BCUT2D eigenvalue weighted by atomic mass is 16.7. The third-order valence-corrected chi connectivity index (χ3v) is 5.80. The van der Waals surface area contributed by atoms with E-state index in [2.05, 4.69) is 15.5 Å². The van der Waals surface area contributed by atoms with E-state index in [0.717, 1.165) is 37.1 Å². The molecule has 0 radical (unpaired) electrons. The van der Waals surface area contributed by atoms with Crippen LogP contribution in [0.4, 0.5) is 5.82 Å². The lowest BCUT2D eigenvalue weighted by Gasteiger charge is -2.35. The molecule has 31 heavy (non-hydrogen) atoms. The van der Waals surface area contributed by atoms with E-state index in [1.807, 2.05) is 24.8 Å². The van der Waals surface area contributed by atoms with Gasteiger partial charge in [-0.1, -0.05) is 23.4 Å². The predicted octanol–water partition coefficient (Wildman–Crippen LogP) is 3.18. The van der Waals surface area contributed by atoms with Crippen LogP contribution in [0.1, 0.15) is 53.7 Å². The lowest BCUT2D eigenvalue weighted by atomic mass is 9.95. The van der Waals surface area contributed by atoms with Gasteiger partial charge in [-0.3, -0.25) is 14.5 Å². The Bertz CT molecular complexity index is 1040. The lowest BCUT2D eigenvalue weighted by Crippen LogP contribution is -2.49. The summed E-state index contributed by atoms with van der Waals surface area (Å²) in [5, 5.41) is 7.34. The van der Waals surface area contributed by atoms with Gasteiger partial charge in [0, 0.05) is 23.9 Å². The number of Topliss-reactive ketones (excluding diaryl/α,β-unsaturated/α-hetero) is 1. The maximum absolute atomic E-state index is 13.6. The van der Waals surface area contributed by atoms with Crippen LogP contribution in [0.2, 0.25) is 0 Å². The van der Waals surface area contributed by atoms with Crippen molar-refractivity contribution in [2.24, 2.45) is 5.16 Å². The molecule has 1 aromatic heterocycles. The summed E-state index contributed by atoms with van der Waals surface area (Å²) in [6, 6.07) is 9.07. The molecule has 7 heteroatoms. The van der Waals surface area contributed by atoms with Gasteiger partial charge in [-0.05, 0) is 70.3 Å². The number of hydrogen-bond donors (Lipinski definition) is 1. The number of amides is 1. The first-order chi connectivity index (χ1) is 14.8. The Morgan fingerprint density at radius 2 is 1.97 bits per heavy atom. The summed E-state index contributed by atoms with van der Waals surface area (Å²) in [5.41, 5.74) is 2.55. The highest BCUT2D eigenvalue weighted by Crippen LogP contribution is 2.27. The van der Waals surface area contributed by atoms with Crippen molar-refractivity contribution < 1.29 is 14.4 Å². The van der Waals surface area contributed by atoms with Crippen LogP contribution in [0.3, 0.4) is 0 Å². The second kappa shape index (κ2) is 8.23. The van der Waals surface area contributed by atoms with Crippen molar-refractivity contribution in [1.82, 2.24) is 10.3 Å². The zero-order valence-electron chi connectivity index (χ0n) is 18.4. The molecular weight excluding hydrogens is 392 g/mol. The van der Waals surface area contributed by atoms with Gasteiger partial charge in [0.15, 0.2) is 11.3 Å². The SMILES string of the molecule is Cc1cnc(N(C(=O)c2ccc(C3=NOC(C)(C)C3=O)cc2)[C@@H]2CCCNC2)c(C)c1. The molecule has 2 aliphatic rings. The minimum atomic E-state index is -0.955.